The van der Waals surface area contributed by atoms with Gasteiger partial charge in [0, 0.05) is 56.8 Å². The molecule has 12 heteroatoms. The van der Waals surface area contributed by atoms with Crippen molar-refractivity contribution in [2.24, 2.45) is 0 Å². The molecule has 0 saturated heterocycles. The molecule has 0 saturated carbocycles. The molecule has 5 rings (SSSR count). The van der Waals surface area contributed by atoms with Crippen LogP contribution < -0.4 is 16.2 Å². The Morgan fingerprint density at radius 3 is 1.66 bits per heavy atom. The first-order chi connectivity index (χ1) is 27.9. The van der Waals surface area contributed by atoms with Crippen LogP contribution in [-0.2, 0) is 35.8 Å². The van der Waals surface area contributed by atoms with E-state index in [-0.39, 0.29) is 11.7 Å². The normalized spacial score (nSPS) is 11.3. The predicted molar refractivity (Wildman–Crippen MR) is 234 cm³/mol. The number of hydrogen-bond acceptors (Lipinski definition) is 9. The van der Waals surface area contributed by atoms with E-state index in [1.54, 1.807) is 38.1 Å². The van der Waals surface area contributed by atoms with Crippen molar-refractivity contribution in [3.05, 3.63) is 143 Å². The summed E-state index contributed by atoms with van der Waals surface area (Å²) in [6, 6.07) is 28.4. The van der Waals surface area contributed by atoms with Gasteiger partial charge in [-0.05, 0) is 106 Å². The summed E-state index contributed by atoms with van der Waals surface area (Å²) in [5.41, 5.74) is 5.94. The topological polar surface area (TPSA) is 151 Å². The summed E-state index contributed by atoms with van der Waals surface area (Å²) < 4.78 is 0. The second-order valence-electron chi connectivity index (χ2n) is 15.0. The number of nitrogens with one attached hydrogen (secondary N) is 1. The lowest BCUT2D eigenvalue weighted by Gasteiger charge is -2.28. The van der Waals surface area contributed by atoms with E-state index >= 15 is 0 Å². The number of aldehydes is 1. The lowest BCUT2D eigenvalue weighted by Crippen LogP contribution is -2.36. The molecule has 300 valence electrons. The van der Waals surface area contributed by atoms with E-state index in [2.05, 4.69) is 40.4 Å². The van der Waals surface area contributed by atoms with Crippen molar-refractivity contribution in [3.8, 4) is 0 Å². The fourth-order valence-electron chi connectivity index (χ4n) is 7.50. The fraction of sp³-hybridized carbons (Fsp3) is 0.283. The van der Waals surface area contributed by atoms with E-state index in [0.29, 0.717) is 92.7 Å². The maximum absolute atomic E-state index is 12.4. The SMILES string of the molecule is C=C(C)C(=O)CCCCN(Cc1ccccc1B(O)O)Cc1c2ccccc2c(CN(CCCNC(=O)C(=C)C)Cc2ccccc2B(O)O)c2ccc(C=O)cc12. The van der Waals surface area contributed by atoms with Crippen molar-refractivity contribution in [2.45, 2.75) is 65.7 Å². The van der Waals surface area contributed by atoms with Crippen molar-refractivity contribution >= 4 is 64.7 Å². The van der Waals surface area contributed by atoms with Gasteiger partial charge in [0.05, 0.1) is 0 Å². The smallest absolute Gasteiger partial charge is 0.423 e. The first kappa shape index (κ1) is 43.9. The Hall–Kier alpha value is -5.20. The zero-order valence-electron chi connectivity index (χ0n) is 33.5. The number of hydrogen-bond donors (Lipinski definition) is 5. The second-order valence-corrected chi connectivity index (χ2v) is 15.0. The molecule has 58 heavy (non-hydrogen) atoms. The Morgan fingerprint density at radius 2 is 1.14 bits per heavy atom. The number of nitrogens with zero attached hydrogens (tertiary/aromatic N) is 2. The van der Waals surface area contributed by atoms with Crippen LogP contribution in [0.1, 0.15) is 72.1 Å². The lowest BCUT2D eigenvalue weighted by molar-refractivity contribution is -0.117. The fourth-order valence-corrected chi connectivity index (χ4v) is 7.50. The van der Waals surface area contributed by atoms with Crippen molar-refractivity contribution in [1.82, 2.24) is 15.1 Å². The zero-order valence-corrected chi connectivity index (χ0v) is 33.5. The number of benzene rings is 5. The summed E-state index contributed by atoms with van der Waals surface area (Å²) >= 11 is 0. The number of ketones is 1. The van der Waals surface area contributed by atoms with Gasteiger partial charge in [-0.1, -0.05) is 98.1 Å². The number of amides is 1. The molecule has 0 aromatic heterocycles. The molecule has 0 radical (unpaired) electrons. The molecule has 0 bridgehead atoms. The molecule has 0 atom stereocenters. The molecule has 5 aromatic carbocycles. The summed E-state index contributed by atoms with van der Waals surface area (Å²) in [6.45, 7) is 14.3. The molecule has 10 nitrogen and oxygen atoms in total. The van der Waals surface area contributed by atoms with Crippen molar-refractivity contribution < 1.29 is 34.5 Å². The number of allylic oxidation sites excluding steroid dienone is 1. The highest BCUT2D eigenvalue weighted by Crippen LogP contribution is 2.36. The standard InChI is InChI=1S/C46H53B2N3O7/c1-32(2)45(53)20-11-12-24-50(27-35-14-5-9-18-43(35)47(55)56)30-42-38-17-8-7-16-37(38)41(39-22-21-34(31-52)26-40(39)42)29-51(25-13-23-49-46(54)33(3)4)28-36-15-6-10-19-44(36)48(57)58/h5-10,14-19,21-22,26,31,55-58H,1,3,11-13,20,23-25,27-30H2,2,4H3,(H,49,54). The van der Waals surface area contributed by atoms with Gasteiger partial charge in [-0.15, -0.1) is 0 Å². The highest BCUT2D eigenvalue weighted by atomic mass is 16.4. The molecule has 0 aliphatic heterocycles. The Morgan fingerprint density at radius 1 is 0.638 bits per heavy atom. The van der Waals surface area contributed by atoms with E-state index < -0.39 is 14.2 Å². The molecule has 0 aliphatic rings. The molecule has 0 fully saturated rings. The Balaban J connectivity index is 1.59. The van der Waals surface area contributed by atoms with Gasteiger partial charge in [0.1, 0.15) is 6.29 Å². The maximum Gasteiger partial charge on any atom is 0.488 e. The number of rotatable bonds is 22. The number of Topliss-reactive ketones (excluding diaryl/α,β-unsaturated/α-hetero) is 1. The minimum Gasteiger partial charge on any atom is -0.423 e. The summed E-state index contributed by atoms with van der Waals surface area (Å²) in [5.74, 6) is -0.166. The highest BCUT2D eigenvalue weighted by Gasteiger charge is 2.23. The highest BCUT2D eigenvalue weighted by molar-refractivity contribution is 6.59. The van der Waals surface area contributed by atoms with Crippen LogP contribution in [0.3, 0.4) is 0 Å². The van der Waals surface area contributed by atoms with Crippen LogP contribution in [0.2, 0.25) is 0 Å². The third kappa shape index (κ3) is 11.5. The third-order valence-corrected chi connectivity index (χ3v) is 10.6. The number of fused-ring (bicyclic) bond motifs is 2. The minimum absolute atomic E-state index is 0.0379. The van der Waals surface area contributed by atoms with E-state index in [1.165, 1.54) is 0 Å². The Bertz CT molecular complexity index is 2280. The van der Waals surface area contributed by atoms with Crippen LogP contribution in [0.4, 0.5) is 0 Å². The van der Waals surface area contributed by atoms with Crippen LogP contribution in [0.25, 0.3) is 21.5 Å². The minimum atomic E-state index is -1.64. The van der Waals surface area contributed by atoms with Crippen LogP contribution in [0.15, 0.2) is 115 Å². The summed E-state index contributed by atoms with van der Waals surface area (Å²) in [7, 11) is -3.28. The zero-order chi connectivity index (χ0) is 41.8. The average Bonchev–Trinajstić information content (AvgIpc) is 3.21. The molecule has 0 aliphatic carbocycles. The van der Waals surface area contributed by atoms with Crippen molar-refractivity contribution in [2.75, 3.05) is 19.6 Å². The van der Waals surface area contributed by atoms with Gasteiger partial charge in [0.25, 0.3) is 0 Å². The second kappa shape index (κ2) is 21.0. The summed E-state index contributed by atoms with van der Waals surface area (Å²) in [4.78, 5) is 41.4. The van der Waals surface area contributed by atoms with Crippen LogP contribution in [0, 0.1) is 0 Å². The maximum atomic E-state index is 12.4. The first-order valence-corrected chi connectivity index (χ1v) is 19.7. The van der Waals surface area contributed by atoms with E-state index in [0.717, 1.165) is 56.5 Å². The van der Waals surface area contributed by atoms with Crippen molar-refractivity contribution in [3.63, 3.8) is 0 Å². The molecule has 0 spiro atoms. The van der Waals surface area contributed by atoms with Gasteiger partial charge in [0.15, 0.2) is 5.78 Å². The third-order valence-electron chi connectivity index (χ3n) is 10.6. The van der Waals surface area contributed by atoms with Gasteiger partial charge in [-0.25, -0.2) is 0 Å². The van der Waals surface area contributed by atoms with E-state index in [4.69, 9.17) is 0 Å². The first-order valence-electron chi connectivity index (χ1n) is 19.7. The largest absolute Gasteiger partial charge is 0.488 e. The number of carbonyl (C=O) groups is 3. The van der Waals surface area contributed by atoms with Crippen molar-refractivity contribution in [1.29, 1.82) is 0 Å². The molecule has 5 aromatic rings. The average molecular weight is 782 g/mol. The number of unbranched alkanes of at least 4 members (excludes halogenated alkanes) is 1. The molecule has 0 heterocycles. The molecular formula is C46H53B2N3O7. The van der Waals surface area contributed by atoms with Crippen LogP contribution in [0.5, 0.6) is 0 Å². The molecular weight excluding hydrogens is 728 g/mol. The van der Waals surface area contributed by atoms with Gasteiger partial charge >= 0.3 is 14.2 Å². The van der Waals surface area contributed by atoms with Gasteiger partial charge in [-0.2, -0.15) is 0 Å². The molecule has 5 N–H and O–H groups in total. The van der Waals surface area contributed by atoms with Gasteiger partial charge < -0.3 is 25.4 Å². The van der Waals surface area contributed by atoms with Gasteiger partial charge in [0.2, 0.25) is 5.91 Å². The Labute approximate surface area is 341 Å². The van der Waals surface area contributed by atoms with Crippen LogP contribution >= 0.6 is 0 Å². The van der Waals surface area contributed by atoms with Crippen LogP contribution in [-0.4, -0.2) is 81.7 Å². The predicted octanol–water partition coefficient (Wildman–Crippen LogP) is 4.57. The monoisotopic (exact) mass is 781 g/mol. The van der Waals surface area contributed by atoms with Gasteiger partial charge in [-0.3, -0.25) is 24.2 Å². The lowest BCUT2D eigenvalue weighted by atomic mass is 9.77. The Kier molecular flexibility index (Phi) is 15.9. The summed E-state index contributed by atoms with van der Waals surface area (Å²) in [5, 5.41) is 47.7. The number of carbonyl (C=O) groups excluding carboxylic acids is 3. The van der Waals surface area contributed by atoms with E-state index in [9.17, 15) is 34.5 Å². The molecule has 0 unspecified atom stereocenters. The molecule has 1 amide bonds. The summed E-state index contributed by atoms with van der Waals surface area (Å²) in [6.07, 6.45) is 3.27. The quantitative estimate of drug-likeness (QED) is 0.0224. The van der Waals surface area contributed by atoms with E-state index in [1.807, 2.05) is 54.6 Å².